The number of rotatable bonds is 10. The molecule has 1 aliphatic heterocycles. The number of amides is 1. The molecule has 0 bridgehead atoms. The van der Waals surface area contributed by atoms with E-state index < -0.39 is 28.1 Å². The van der Waals surface area contributed by atoms with Crippen molar-refractivity contribution < 1.29 is 36.3 Å². The Morgan fingerprint density at radius 1 is 1.14 bits per heavy atom. The Bertz CT molecular complexity index is 2020. The van der Waals surface area contributed by atoms with Gasteiger partial charge in [0.2, 0.25) is 0 Å². The van der Waals surface area contributed by atoms with Crippen molar-refractivity contribution in [2.45, 2.75) is 77.1 Å². The monoisotopic (exact) mass is 720 g/mol. The maximum atomic E-state index is 13.2. The Hall–Kier alpha value is -4.55. The van der Waals surface area contributed by atoms with Crippen molar-refractivity contribution in [1.29, 1.82) is 0 Å². The van der Waals surface area contributed by atoms with Gasteiger partial charge in [-0.3, -0.25) is 9.08 Å². The topological polar surface area (TPSA) is 139 Å². The zero-order chi connectivity index (χ0) is 35.9. The lowest BCUT2D eigenvalue weighted by molar-refractivity contribution is -0.107. The predicted octanol–water partition coefficient (Wildman–Crippen LogP) is 7.64. The third-order valence-corrected chi connectivity index (χ3v) is 9.45. The highest BCUT2D eigenvalue weighted by atomic mass is 32.2. The van der Waals surface area contributed by atoms with Gasteiger partial charge in [-0.05, 0) is 88.8 Å². The van der Waals surface area contributed by atoms with Crippen LogP contribution in [0.3, 0.4) is 0 Å². The standard InChI is InChI=1S/C36H40N4O8S2/c1-7-19-45-50(42,43)29-18-15-24(2)33(34(29)47-32-14-10-11-20-44-32)46-26-16-17-27-28(21-26)49-31(39-27)13-9-8-12-25-22-38-30(23-37-25)40(6)35(41)48-36(3,4)5/h9,13,15-18,21-23,32H,7,10-11,14,19-20H2,1-6H3. The molecule has 0 saturated carbocycles. The molecule has 4 aromatic rings. The van der Waals surface area contributed by atoms with E-state index in [2.05, 4.69) is 26.8 Å². The number of nitrogens with zero attached hydrogens (tertiary/aromatic N) is 4. The van der Waals surface area contributed by atoms with Crippen molar-refractivity contribution in [1.82, 2.24) is 15.0 Å². The Morgan fingerprint density at radius 3 is 2.66 bits per heavy atom. The highest BCUT2D eigenvalue weighted by Crippen LogP contribution is 2.42. The molecule has 1 unspecified atom stereocenters. The van der Waals surface area contributed by atoms with Gasteiger partial charge in [0.05, 0.1) is 35.8 Å². The number of aryl methyl sites for hydroxylation is 1. The average Bonchev–Trinajstić information content (AvgIpc) is 3.49. The van der Waals surface area contributed by atoms with Crippen LogP contribution < -0.4 is 14.4 Å². The molecule has 0 aliphatic carbocycles. The Labute approximate surface area is 296 Å². The molecule has 1 amide bonds. The second kappa shape index (κ2) is 16.0. The van der Waals surface area contributed by atoms with Gasteiger partial charge < -0.3 is 18.9 Å². The zero-order valence-electron chi connectivity index (χ0n) is 28.9. The van der Waals surface area contributed by atoms with Crippen LogP contribution in [0.1, 0.15) is 69.6 Å². The van der Waals surface area contributed by atoms with Gasteiger partial charge in [0.15, 0.2) is 23.6 Å². The molecule has 1 fully saturated rings. The fourth-order valence-corrected chi connectivity index (χ4v) is 6.67. The lowest BCUT2D eigenvalue weighted by Crippen LogP contribution is -2.34. The number of ether oxygens (including phenoxy) is 4. The number of fused-ring (bicyclic) bond motifs is 1. The number of carbonyl (C=O) groups excluding carboxylic acids is 1. The molecule has 2 aromatic carbocycles. The number of hydrogen-bond acceptors (Lipinski definition) is 12. The largest absolute Gasteiger partial charge is 0.460 e. The summed E-state index contributed by atoms with van der Waals surface area (Å²) >= 11 is 1.44. The minimum Gasteiger partial charge on any atom is -0.460 e. The van der Waals surface area contributed by atoms with Crippen LogP contribution in [0.15, 0.2) is 53.7 Å². The van der Waals surface area contributed by atoms with Crippen LogP contribution in [-0.2, 0) is 23.8 Å². The summed E-state index contributed by atoms with van der Waals surface area (Å²) in [7, 11) is -2.56. The number of allylic oxidation sites excluding steroid dienone is 1. The Balaban J connectivity index is 1.32. The number of carbonyl (C=O) groups is 1. The molecule has 0 radical (unpaired) electrons. The van der Waals surface area contributed by atoms with Crippen molar-refractivity contribution in [3.05, 3.63) is 65.1 Å². The minimum absolute atomic E-state index is 0.0482. The number of anilines is 1. The van der Waals surface area contributed by atoms with E-state index >= 15 is 0 Å². The first-order chi connectivity index (χ1) is 23.8. The normalized spacial score (nSPS) is 15.0. The first-order valence-electron chi connectivity index (χ1n) is 16.2. The predicted molar refractivity (Wildman–Crippen MR) is 191 cm³/mol. The van der Waals surface area contributed by atoms with Crippen LogP contribution in [0.25, 0.3) is 16.3 Å². The molecule has 12 nitrogen and oxygen atoms in total. The van der Waals surface area contributed by atoms with E-state index in [9.17, 15) is 13.2 Å². The van der Waals surface area contributed by atoms with Crippen molar-refractivity contribution in [3.63, 3.8) is 0 Å². The molecule has 5 rings (SSSR count). The van der Waals surface area contributed by atoms with Gasteiger partial charge >= 0.3 is 16.2 Å². The molecule has 50 heavy (non-hydrogen) atoms. The summed E-state index contributed by atoms with van der Waals surface area (Å²) in [6.07, 6.45) is 8.26. The van der Waals surface area contributed by atoms with Gasteiger partial charge in [-0.1, -0.05) is 18.9 Å². The van der Waals surface area contributed by atoms with Gasteiger partial charge in [0.25, 0.3) is 0 Å². The fourth-order valence-electron chi connectivity index (χ4n) is 4.66. The number of hydrogen-bond donors (Lipinski definition) is 0. The van der Waals surface area contributed by atoms with Crippen LogP contribution in [0.2, 0.25) is 0 Å². The first kappa shape index (κ1) is 36.7. The molecule has 0 N–H and O–H groups in total. The van der Waals surface area contributed by atoms with Crippen LogP contribution in [0.5, 0.6) is 17.2 Å². The molecule has 1 aliphatic rings. The summed E-state index contributed by atoms with van der Waals surface area (Å²) in [6, 6.07) is 8.60. The van der Waals surface area contributed by atoms with Gasteiger partial charge in [0, 0.05) is 19.5 Å². The quantitative estimate of drug-likeness (QED) is 0.118. The van der Waals surface area contributed by atoms with E-state index in [4.69, 9.17) is 23.1 Å². The molecular formula is C36H40N4O8S2. The van der Waals surface area contributed by atoms with E-state index in [0.29, 0.717) is 42.3 Å². The van der Waals surface area contributed by atoms with Crippen molar-refractivity contribution in [2.75, 3.05) is 25.2 Å². The number of aromatic nitrogens is 3. The molecule has 2 aromatic heterocycles. The molecule has 264 valence electrons. The molecule has 3 heterocycles. The molecule has 0 spiro atoms. The third-order valence-electron chi connectivity index (χ3n) is 7.13. The molecule has 1 saturated heterocycles. The van der Waals surface area contributed by atoms with Gasteiger partial charge in [-0.15, -0.1) is 11.3 Å². The SMILES string of the molecule is CCCOS(=O)(=O)c1ccc(C)c(Oc2ccc3nc(C=CC#Cc4cnc(N(C)C(=O)OC(C)(C)C)cn4)sc3c2)c1OC1CCCCO1. The highest BCUT2D eigenvalue weighted by molar-refractivity contribution is 7.86. The smallest absolute Gasteiger partial charge is 0.415 e. The third kappa shape index (κ3) is 9.57. The maximum absolute atomic E-state index is 13.2. The first-order valence-corrected chi connectivity index (χ1v) is 18.4. The average molecular weight is 721 g/mol. The Kier molecular flexibility index (Phi) is 11.7. The second-order valence-corrected chi connectivity index (χ2v) is 15.1. The van der Waals surface area contributed by atoms with Crippen LogP contribution >= 0.6 is 11.3 Å². The lowest BCUT2D eigenvalue weighted by atomic mass is 10.2. The maximum Gasteiger partial charge on any atom is 0.415 e. The van der Waals surface area contributed by atoms with E-state index in [0.717, 1.165) is 28.1 Å². The molecular weight excluding hydrogens is 681 g/mol. The van der Waals surface area contributed by atoms with Crippen molar-refractivity contribution in [2.24, 2.45) is 0 Å². The van der Waals surface area contributed by atoms with Crippen molar-refractivity contribution >= 4 is 49.7 Å². The van der Waals surface area contributed by atoms with E-state index in [1.807, 2.05) is 26.0 Å². The fraction of sp³-hybridized carbons (Fsp3) is 0.389. The summed E-state index contributed by atoms with van der Waals surface area (Å²) in [6.45, 7) is 9.62. The highest BCUT2D eigenvalue weighted by Gasteiger charge is 2.29. The van der Waals surface area contributed by atoms with Crippen molar-refractivity contribution in [3.8, 4) is 29.1 Å². The number of benzene rings is 2. The van der Waals surface area contributed by atoms with Gasteiger partial charge in [0.1, 0.15) is 26.9 Å². The van der Waals surface area contributed by atoms with E-state index in [1.165, 1.54) is 34.7 Å². The van der Waals surface area contributed by atoms with E-state index in [-0.39, 0.29) is 23.0 Å². The second-order valence-electron chi connectivity index (χ2n) is 12.4. The molecule has 14 heteroatoms. The Morgan fingerprint density at radius 2 is 1.96 bits per heavy atom. The molecule has 1 atom stereocenters. The van der Waals surface area contributed by atoms with Crippen LogP contribution in [-0.4, -0.2) is 61.6 Å². The number of thiazole rings is 1. The van der Waals surface area contributed by atoms with E-state index in [1.54, 1.807) is 52.1 Å². The summed E-state index contributed by atoms with van der Waals surface area (Å²) in [5.74, 6) is 7.02. The minimum atomic E-state index is -4.12. The summed E-state index contributed by atoms with van der Waals surface area (Å²) in [5.41, 5.74) is 1.26. The summed E-state index contributed by atoms with van der Waals surface area (Å²) in [5, 5.41) is 0.725. The summed E-state index contributed by atoms with van der Waals surface area (Å²) < 4.78 is 56.1. The van der Waals surface area contributed by atoms with Crippen LogP contribution in [0, 0.1) is 18.8 Å². The summed E-state index contributed by atoms with van der Waals surface area (Å²) in [4.78, 5) is 26.7. The van der Waals surface area contributed by atoms with Crippen LogP contribution in [0.4, 0.5) is 10.6 Å². The van der Waals surface area contributed by atoms with Gasteiger partial charge in [-0.25, -0.2) is 19.7 Å². The zero-order valence-corrected chi connectivity index (χ0v) is 30.5. The van der Waals surface area contributed by atoms with Gasteiger partial charge in [-0.2, -0.15) is 8.42 Å². The lowest BCUT2D eigenvalue weighted by Gasteiger charge is -2.26.